The standard InChI is InChI=1S/C19H23N3O/c20-13-14-3-1-4-15(11-14)17-12-18(17)19(23)22-9-7-21(8-10-22)16-5-2-6-16/h1,3-4,11,16-18H,2,5-10,12H2/t17-,18+/m0/s1. The molecule has 1 aromatic carbocycles. The normalized spacial score (nSPS) is 28.0. The fourth-order valence-corrected chi connectivity index (χ4v) is 3.97. The first-order chi connectivity index (χ1) is 11.3. The molecule has 1 heterocycles. The summed E-state index contributed by atoms with van der Waals surface area (Å²) < 4.78 is 0. The first-order valence-electron chi connectivity index (χ1n) is 8.79. The maximum atomic E-state index is 12.7. The molecule has 23 heavy (non-hydrogen) atoms. The van der Waals surface area contributed by atoms with Crippen molar-refractivity contribution in [3.05, 3.63) is 35.4 Å². The maximum Gasteiger partial charge on any atom is 0.226 e. The van der Waals surface area contributed by atoms with E-state index in [4.69, 9.17) is 5.26 Å². The number of nitrogens with zero attached hydrogens (tertiary/aromatic N) is 3. The van der Waals surface area contributed by atoms with Crippen molar-refractivity contribution in [2.24, 2.45) is 5.92 Å². The van der Waals surface area contributed by atoms with E-state index in [-0.39, 0.29) is 5.92 Å². The Kier molecular flexibility index (Phi) is 3.82. The van der Waals surface area contributed by atoms with Crippen molar-refractivity contribution in [2.75, 3.05) is 26.2 Å². The van der Waals surface area contributed by atoms with E-state index in [1.54, 1.807) is 0 Å². The molecule has 2 aliphatic carbocycles. The van der Waals surface area contributed by atoms with Crippen LogP contribution in [0.25, 0.3) is 0 Å². The lowest BCUT2D eigenvalue weighted by atomic mass is 9.91. The fraction of sp³-hybridized carbons (Fsp3) is 0.579. The highest BCUT2D eigenvalue weighted by Gasteiger charge is 2.46. The Morgan fingerprint density at radius 1 is 1.17 bits per heavy atom. The highest BCUT2D eigenvalue weighted by molar-refractivity contribution is 5.83. The minimum Gasteiger partial charge on any atom is -0.340 e. The van der Waals surface area contributed by atoms with E-state index in [1.807, 2.05) is 24.3 Å². The van der Waals surface area contributed by atoms with Crippen molar-refractivity contribution >= 4 is 5.91 Å². The quantitative estimate of drug-likeness (QED) is 0.861. The molecule has 1 aromatic rings. The fourth-order valence-electron chi connectivity index (χ4n) is 3.97. The molecule has 4 rings (SSSR count). The van der Waals surface area contributed by atoms with Gasteiger partial charge in [-0.3, -0.25) is 9.69 Å². The van der Waals surface area contributed by atoms with Gasteiger partial charge in [0.25, 0.3) is 0 Å². The van der Waals surface area contributed by atoms with E-state index in [0.29, 0.717) is 17.4 Å². The molecule has 2 saturated carbocycles. The van der Waals surface area contributed by atoms with Gasteiger partial charge in [-0.1, -0.05) is 18.6 Å². The van der Waals surface area contributed by atoms with Gasteiger partial charge in [-0.05, 0) is 42.9 Å². The van der Waals surface area contributed by atoms with Crippen molar-refractivity contribution in [2.45, 2.75) is 37.6 Å². The largest absolute Gasteiger partial charge is 0.340 e. The molecule has 1 aliphatic heterocycles. The summed E-state index contributed by atoms with van der Waals surface area (Å²) in [6.45, 7) is 3.85. The van der Waals surface area contributed by atoms with Crippen LogP contribution in [-0.2, 0) is 4.79 Å². The molecule has 0 aromatic heterocycles. The van der Waals surface area contributed by atoms with Gasteiger partial charge in [-0.2, -0.15) is 5.26 Å². The molecule has 0 bridgehead atoms. The van der Waals surface area contributed by atoms with E-state index in [2.05, 4.69) is 15.9 Å². The lowest BCUT2D eigenvalue weighted by molar-refractivity contribution is -0.135. The van der Waals surface area contributed by atoms with Gasteiger partial charge in [-0.25, -0.2) is 0 Å². The molecule has 0 unspecified atom stereocenters. The van der Waals surface area contributed by atoms with E-state index in [0.717, 1.165) is 44.2 Å². The maximum absolute atomic E-state index is 12.7. The summed E-state index contributed by atoms with van der Waals surface area (Å²) in [6, 6.07) is 10.7. The summed E-state index contributed by atoms with van der Waals surface area (Å²) in [5, 5.41) is 9.01. The molecule has 0 radical (unpaired) electrons. The van der Waals surface area contributed by atoms with Crippen LogP contribution in [0.2, 0.25) is 0 Å². The number of piperazine rings is 1. The first-order valence-corrected chi connectivity index (χ1v) is 8.79. The number of hydrogen-bond acceptors (Lipinski definition) is 3. The Hall–Kier alpha value is -1.86. The van der Waals surface area contributed by atoms with E-state index >= 15 is 0 Å². The number of nitriles is 1. The summed E-state index contributed by atoms with van der Waals surface area (Å²) in [4.78, 5) is 17.3. The molecule has 4 nitrogen and oxygen atoms in total. The third-order valence-electron chi connectivity index (χ3n) is 5.77. The van der Waals surface area contributed by atoms with Gasteiger partial charge < -0.3 is 4.90 Å². The SMILES string of the molecule is N#Cc1cccc([C@@H]2C[C@H]2C(=O)N2CCN(C3CCC3)CC2)c1. The summed E-state index contributed by atoms with van der Waals surface area (Å²) in [5.41, 5.74) is 1.84. The zero-order valence-electron chi connectivity index (χ0n) is 13.4. The van der Waals surface area contributed by atoms with Gasteiger partial charge in [0.05, 0.1) is 11.6 Å². The molecule has 1 saturated heterocycles. The van der Waals surface area contributed by atoms with Crippen LogP contribution in [-0.4, -0.2) is 47.9 Å². The Balaban J connectivity index is 1.33. The smallest absolute Gasteiger partial charge is 0.226 e. The molecule has 1 amide bonds. The molecule has 3 fully saturated rings. The van der Waals surface area contributed by atoms with E-state index in [9.17, 15) is 4.79 Å². The van der Waals surface area contributed by atoms with Gasteiger partial charge in [0.15, 0.2) is 0 Å². The topological polar surface area (TPSA) is 47.3 Å². The molecular weight excluding hydrogens is 286 g/mol. The number of benzene rings is 1. The minimum absolute atomic E-state index is 0.138. The predicted octanol–water partition coefficient (Wildman–Crippen LogP) is 2.36. The van der Waals surface area contributed by atoms with Crippen molar-refractivity contribution < 1.29 is 4.79 Å². The highest BCUT2D eigenvalue weighted by atomic mass is 16.2. The van der Waals surface area contributed by atoms with E-state index in [1.165, 1.54) is 19.3 Å². The molecule has 3 aliphatic rings. The van der Waals surface area contributed by atoms with Gasteiger partial charge >= 0.3 is 0 Å². The molecular formula is C19H23N3O. The second kappa shape index (κ2) is 5.98. The van der Waals surface area contributed by atoms with Crippen LogP contribution in [0.1, 0.15) is 42.7 Å². The highest BCUT2D eigenvalue weighted by Crippen LogP contribution is 2.48. The molecule has 4 heteroatoms. The predicted molar refractivity (Wildman–Crippen MR) is 87.8 cm³/mol. The third kappa shape index (κ3) is 2.86. The third-order valence-corrected chi connectivity index (χ3v) is 5.77. The second-order valence-electron chi connectivity index (χ2n) is 7.13. The average Bonchev–Trinajstić information content (AvgIpc) is 3.34. The summed E-state index contributed by atoms with van der Waals surface area (Å²) in [6.07, 6.45) is 4.99. The van der Waals surface area contributed by atoms with Gasteiger partial charge in [0.2, 0.25) is 5.91 Å². The number of rotatable bonds is 3. The zero-order valence-corrected chi connectivity index (χ0v) is 13.4. The van der Waals surface area contributed by atoms with Crippen molar-refractivity contribution in [3.8, 4) is 6.07 Å². The Morgan fingerprint density at radius 2 is 1.96 bits per heavy atom. The average molecular weight is 309 g/mol. The summed E-state index contributed by atoms with van der Waals surface area (Å²) in [7, 11) is 0. The van der Waals surface area contributed by atoms with Crippen LogP contribution in [0.4, 0.5) is 0 Å². The van der Waals surface area contributed by atoms with E-state index < -0.39 is 0 Å². The monoisotopic (exact) mass is 309 g/mol. The Bertz CT molecular complexity index is 638. The van der Waals surface area contributed by atoms with Crippen LogP contribution in [0, 0.1) is 17.2 Å². The number of carbonyl (C=O) groups excluding carboxylic acids is 1. The van der Waals surface area contributed by atoms with Crippen molar-refractivity contribution in [1.29, 1.82) is 5.26 Å². The van der Waals surface area contributed by atoms with Crippen molar-refractivity contribution in [3.63, 3.8) is 0 Å². The number of hydrogen-bond donors (Lipinski definition) is 0. The number of amides is 1. The summed E-state index contributed by atoms with van der Waals surface area (Å²) >= 11 is 0. The molecule has 0 N–H and O–H groups in total. The molecule has 120 valence electrons. The Labute approximate surface area is 137 Å². The lowest BCUT2D eigenvalue weighted by Crippen LogP contribution is -2.53. The van der Waals surface area contributed by atoms with Gasteiger partial charge in [0.1, 0.15) is 0 Å². The minimum atomic E-state index is 0.138. The molecule has 0 spiro atoms. The molecule has 2 atom stereocenters. The van der Waals surface area contributed by atoms with Gasteiger partial charge in [0, 0.05) is 38.1 Å². The van der Waals surface area contributed by atoms with Crippen LogP contribution < -0.4 is 0 Å². The van der Waals surface area contributed by atoms with Crippen molar-refractivity contribution in [1.82, 2.24) is 9.80 Å². The first kappa shape index (κ1) is 14.7. The van der Waals surface area contributed by atoms with Crippen LogP contribution >= 0.6 is 0 Å². The zero-order chi connectivity index (χ0) is 15.8. The second-order valence-corrected chi connectivity index (χ2v) is 7.13. The van der Waals surface area contributed by atoms with Crippen LogP contribution in [0.15, 0.2) is 24.3 Å². The lowest BCUT2D eigenvalue weighted by Gasteiger charge is -2.43. The summed E-state index contributed by atoms with van der Waals surface area (Å²) in [5.74, 6) is 0.783. The Morgan fingerprint density at radius 3 is 2.61 bits per heavy atom. The van der Waals surface area contributed by atoms with Crippen LogP contribution in [0.3, 0.4) is 0 Å². The van der Waals surface area contributed by atoms with Crippen LogP contribution in [0.5, 0.6) is 0 Å². The number of carbonyl (C=O) groups is 1. The van der Waals surface area contributed by atoms with Gasteiger partial charge in [-0.15, -0.1) is 0 Å².